The van der Waals surface area contributed by atoms with E-state index in [1.807, 2.05) is 24.6 Å². The maximum absolute atomic E-state index is 5.21. The van der Waals surface area contributed by atoms with Gasteiger partial charge in [0.1, 0.15) is 12.4 Å². The zero-order valence-corrected chi connectivity index (χ0v) is 14.4. The fourth-order valence-electron chi connectivity index (χ4n) is 2.36. The van der Waals surface area contributed by atoms with Crippen LogP contribution in [0.4, 0.5) is 0 Å². The standard InChI is InChI=1S/C16H28N6O/c1-5-9-17-15(18-11-14-21-20-13(2)22(14)3)19-12-16(6-7-16)8-10-23-4/h5H,1,6-12H2,2-4H3,(H2,17,18,19). The molecule has 0 aromatic carbocycles. The Kier molecular flexibility index (Phi) is 6.15. The lowest BCUT2D eigenvalue weighted by atomic mass is 10.0. The Morgan fingerprint density at radius 2 is 2.22 bits per heavy atom. The molecule has 1 heterocycles. The van der Waals surface area contributed by atoms with E-state index in [0.29, 0.717) is 18.5 Å². The topological polar surface area (TPSA) is 76.4 Å². The number of nitrogens with one attached hydrogen (secondary N) is 2. The lowest BCUT2D eigenvalue weighted by Crippen LogP contribution is -2.40. The first-order chi connectivity index (χ1) is 11.1. The van der Waals surface area contributed by atoms with Crippen molar-refractivity contribution in [2.75, 3.05) is 26.8 Å². The Morgan fingerprint density at radius 1 is 1.43 bits per heavy atom. The summed E-state index contributed by atoms with van der Waals surface area (Å²) in [5.41, 5.74) is 0.369. The molecule has 0 unspecified atom stereocenters. The highest BCUT2D eigenvalue weighted by Gasteiger charge is 2.41. The summed E-state index contributed by atoms with van der Waals surface area (Å²) >= 11 is 0. The number of guanidine groups is 1. The van der Waals surface area contributed by atoms with Crippen LogP contribution in [0.3, 0.4) is 0 Å². The number of aliphatic imine (C=N–C) groups is 1. The summed E-state index contributed by atoms with van der Waals surface area (Å²) in [5.74, 6) is 2.53. The summed E-state index contributed by atoms with van der Waals surface area (Å²) in [7, 11) is 3.71. The van der Waals surface area contributed by atoms with E-state index in [4.69, 9.17) is 4.74 Å². The van der Waals surface area contributed by atoms with Gasteiger partial charge in [-0.3, -0.25) is 0 Å². The first-order valence-electron chi connectivity index (χ1n) is 8.07. The molecule has 1 aliphatic carbocycles. The molecule has 7 heteroatoms. The van der Waals surface area contributed by atoms with E-state index in [-0.39, 0.29) is 0 Å². The van der Waals surface area contributed by atoms with E-state index in [1.54, 1.807) is 7.11 Å². The van der Waals surface area contributed by atoms with Gasteiger partial charge in [0.15, 0.2) is 11.8 Å². The third-order valence-corrected chi connectivity index (χ3v) is 4.40. The third kappa shape index (κ3) is 5.06. The fraction of sp³-hybridized carbons (Fsp3) is 0.688. The Hall–Kier alpha value is -1.89. The number of rotatable bonds is 9. The molecule has 0 atom stereocenters. The highest BCUT2D eigenvalue weighted by molar-refractivity contribution is 5.80. The molecule has 23 heavy (non-hydrogen) atoms. The summed E-state index contributed by atoms with van der Waals surface area (Å²) in [6.07, 6.45) is 5.41. The minimum atomic E-state index is 0.369. The van der Waals surface area contributed by atoms with Crippen LogP contribution in [-0.4, -0.2) is 47.5 Å². The van der Waals surface area contributed by atoms with E-state index in [2.05, 4.69) is 32.4 Å². The van der Waals surface area contributed by atoms with Crippen LogP contribution in [-0.2, 0) is 18.3 Å². The lowest BCUT2D eigenvalue weighted by molar-refractivity contribution is 0.172. The van der Waals surface area contributed by atoms with Crippen LogP contribution < -0.4 is 10.6 Å². The molecule has 1 saturated carbocycles. The molecule has 1 aromatic rings. The van der Waals surface area contributed by atoms with E-state index in [0.717, 1.165) is 37.2 Å². The number of aromatic nitrogens is 3. The van der Waals surface area contributed by atoms with Gasteiger partial charge < -0.3 is 19.9 Å². The molecule has 0 saturated heterocycles. The van der Waals surface area contributed by atoms with E-state index >= 15 is 0 Å². The predicted molar refractivity (Wildman–Crippen MR) is 91.2 cm³/mol. The first-order valence-corrected chi connectivity index (χ1v) is 8.07. The number of aryl methyl sites for hydroxylation is 1. The van der Waals surface area contributed by atoms with Crippen molar-refractivity contribution in [3.8, 4) is 0 Å². The quantitative estimate of drug-likeness (QED) is 0.406. The summed E-state index contributed by atoms with van der Waals surface area (Å²) in [4.78, 5) is 4.61. The smallest absolute Gasteiger partial charge is 0.191 e. The number of nitrogens with zero attached hydrogens (tertiary/aromatic N) is 4. The molecule has 0 radical (unpaired) electrons. The Bertz CT molecular complexity index is 547. The lowest BCUT2D eigenvalue weighted by Gasteiger charge is -2.18. The maximum Gasteiger partial charge on any atom is 0.191 e. The number of hydrogen-bond acceptors (Lipinski definition) is 4. The minimum absolute atomic E-state index is 0.369. The Balaban J connectivity index is 1.92. The minimum Gasteiger partial charge on any atom is -0.385 e. The zero-order chi connectivity index (χ0) is 16.7. The van der Waals surface area contributed by atoms with Gasteiger partial charge in [-0.15, -0.1) is 16.8 Å². The summed E-state index contributed by atoms with van der Waals surface area (Å²) in [5, 5.41) is 14.9. The van der Waals surface area contributed by atoms with Crippen molar-refractivity contribution in [3.05, 3.63) is 24.3 Å². The van der Waals surface area contributed by atoms with Gasteiger partial charge in [-0.05, 0) is 31.6 Å². The van der Waals surface area contributed by atoms with Gasteiger partial charge in [0, 0.05) is 33.9 Å². The van der Waals surface area contributed by atoms with Crippen molar-refractivity contribution in [2.45, 2.75) is 32.7 Å². The van der Waals surface area contributed by atoms with Gasteiger partial charge in [-0.2, -0.15) is 0 Å². The van der Waals surface area contributed by atoms with Gasteiger partial charge in [0.25, 0.3) is 0 Å². The number of methoxy groups -OCH3 is 1. The average Bonchev–Trinajstić information content (AvgIpc) is 3.26. The largest absolute Gasteiger partial charge is 0.385 e. The van der Waals surface area contributed by atoms with Crippen molar-refractivity contribution in [1.82, 2.24) is 25.4 Å². The van der Waals surface area contributed by atoms with Crippen LogP contribution >= 0.6 is 0 Å². The van der Waals surface area contributed by atoms with Crippen LogP contribution in [0.15, 0.2) is 17.6 Å². The average molecular weight is 320 g/mol. The summed E-state index contributed by atoms with van der Waals surface area (Å²) in [6, 6.07) is 0. The SMILES string of the molecule is C=CCNC(=NCc1nnc(C)n1C)NCC1(CCOC)CC1. The summed E-state index contributed by atoms with van der Waals surface area (Å²) < 4.78 is 7.16. The normalized spacial score (nSPS) is 16.2. The molecule has 1 aliphatic rings. The second-order valence-electron chi connectivity index (χ2n) is 6.15. The molecule has 0 aliphatic heterocycles. The predicted octanol–water partition coefficient (Wildman–Crippen LogP) is 1.16. The molecule has 1 fully saturated rings. The molecule has 128 valence electrons. The molecular weight excluding hydrogens is 292 g/mol. The van der Waals surface area contributed by atoms with E-state index < -0.39 is 0 Å². The van der Waals surface area contributed by atoms with Gasteiger partial charge in [-0.25, -0.2) is 4.99 Å². The second kappa shape index (κ2) is 8.10. The van der Waals surface area contributed by atoms with Crippen LogP contribution in [0.2, 0.25) is 0 Å². The molecule has 0 spiro atoms. The number of ether oxygens (including phenoxy) is 1. The third-order valence-electron chi connectivity index (χ3n) is 4.40. The van der Waals surface area contributed by atoms with Crippen molar-refractivity contribution < 1.29 is 4.74 Å². The summed E-state index contributed by atoms with van der Waals surface area (Å²) in [6.45, 7) is 8.57. The van der Waals surface area contributed by atoms with Gasteiger partial charge in [0.2, 0.25) is 0 Å². The molecule has 1 aromatic heterocycles. The molecule has 0 bridgehead atoms. The fourth-order valence-corrected chi connectivity index (χ4v) is 2.36. The van der Waals surface area contributed by atoms with E-state index in [9.17, 15) is 0 Å². The van der Waals surface area contributed by atoms with Crippen LogP contribution in [0.1, 0.15) is 30.9 Å². The molecule has 2 rings (SSSR count). The van der Waals surface area contributed by atoms with Gasteiger partial charge in [-0.1, -0.05) is 6.08 Å². The van der Waals surface area contributed by atoms with Crippen molar-refractivity contribution >= 4 is 5.96 Å². The number of hydrogen-bond donors (Lipinski definition) is 2. The van der Waals surface area contributed by atoms with Crippen molar-refractivity contribution in [3.63, 3.8) is 0 Å². The molecule has 0 amide bonds. The molecule has 7 nitrogen and oxygen atoms in total. The van der Waals surface area contributed by atoms with Crippen LogP contribution in [0.5, 0.6) is 0 Å². The van der Waals surface area contributed by atoms with Crippen LogP contribution in [0.25, 0.3) is 0 Å². The van der Waals surface area contributed by atoms with E-state index in [1.165, 1.54) is 12.8 Å². The Labute approximate surface area is 138 Å². The molecular formula is C16H28N6O. The second-order valence-corrected chi connectivity index (χ2v) is 6.15. The Morgan fingerprint density at radius 3 is 2.78 bits per heavy atom. The van der Waals surface area contributed by atoms with Crippen LogP contribution in [0, 0.1) is 12.3 Å². The van der Waals surface area contributed by atoms with Gasteiger partial charge in [0.05, 0.1) is 0 Å². The monoisotopic (exact) mass is 320 g/mol. The highest BCUT2D eigenvalue weighted by Crippen LogP contribution is 2.48. The molecule has 2 N–H and O–H groups in total. The highest BCUT2D eigenvalue weighted by atomic mass is 16.5. The first kappa shape index (κ1) is 17.5. The maximum atomic E-state index is 5.21. The zero-order valence-electron chi connectivity index (χ0n) is 14.4. The van der Waals surface area contributed by atoms with Crippen molar-refractivity contribution in [1.29, 1.82) is 0 Å². The van der Waals surface area contributed by atoms with Gasteiger partial charge >= 0.3 is 0 Å². The van der Waals surface area contributed by atoms with Crippen molar-refractivity contribution in [2.24, 2.45) is 17.5 Å².